The van der Waals surface area contributed by atoms with E-state index in [0.717, 1.165) is 46.3 Å². The number of thiazole rings is 1. The first-order valence-electron chi connectivity index (χ1n) is 9.70. The van der Waals surface area contributed by atoms with Gasteiger partial charge >= 0.3 is 0 Å². The van der Waals surface area contributed by atoms with E-state index in [1.165, 1.54) is 16.9 Å². The number of hydrogen-bond acceptors (Lipinski definition) is 5. The molecule has 158 valence electrons. The quantitative estimate of drug-likeness (QED) is 0.388. The summed E-state index contributed by atoms with van der Waals surface area (Å²) in [4.78, 5) is 23.1. The molecule has 0 aliphatic rings. The van der Waals surface area contributed by atoms with Crippen LogP contribution in [0.25, 0.3) is 10.2 Å². The molecule has 3 rings (SSSR count). The van der Waals surface area contributed by atoms with Gasteiger partial charge in [0.05, 0.1) is 21.0 Å². The first-order valence-corrected chi connectivity index (χ1v) is 11.7. The van der Waals surface area contributed by atoms with Crippen molar-refractivity contribution in [1.82, 2.24) is 9.88 Å². The molecule has 29 heavy (non-hydrogen) atoms. The minimum Gasteiger partial charge on any atom is -0.302 e. The van der Waals surface area contributed by atoms with Crippen molar-refractivity contribution in [3.63, 3.8) is 0 Å². The molecule has 0 saturated carbocycles. The first kappa shape index (κ1) is 24.1. The van der Waals surface area contributed by atoms with Gasteiger partial charge in [0.25, 0.3) is 0 Å². The number of hydrogen-bond donors (Lipinski definition) is 0. The van der Waals surface area contributed by atoms with Crippen molar-refractivity contribution in [1.29, 1.82) is 0 Å². The third-order valence-electron chi connectivity index (χ3n) is 4.87. The Bertz CT molecular complexity index is 937. The number of anilines is 1. The molecule has 0 bridgehead atoms. The van der Waals surface area contributed by atoms with Crippen LogP contribution >= 0.6 is 46.7 Å². The summed E-state index contributed by atoms with van der Waals surface area (Å²) < 4.78 is 1.85. The molecule has 0 aliphatic carbocycles. The molecule has 3 aromatic rings. The third-order valence-corrected chi connectivity index (χ3v) is 7.14. The predicted octanol–water partition coefficient (Wildman–Crippen LogP) is 5.91. The smallest absolute Gasteiger partial charge is 0.234 e. The van der Waals surface area contributed by atoms with Crippen molar-refractivity contribution < 1.29 is 4.79 Å². The summed E-state index contributed by atoms with van der Waals surface area (Å²) in [5, 5.41) is 0.781. The van der Waals surface area contributed by atoms with Crippen LogP contribution in [-0.2, 0) is 17.6 Å². The van der Waals surface area contributed by atoms with Gasteiger partial charge in [-0.25, -0.2) is 4.98 Å². The maximum absolute atomic E-state index is 13.1. The SMILES string of the molecule is CCc1ccc2nc(N(CCN(CC)CC)C(=O)Cc3ccc(Cl)s3)sc2c1.Cl. The zero-order valence-corrected chi connectivity index (χ0v) is 20.2. The maximum Gasteiger partial charge on any atom is 0.234 e. The van der Waals surface area contributed by atoms with E-state index in [1.807, 2.05) is 17.0 Å². The highest BCUT2D eigenvalue weighted by Crippen LogP contribution is 2.31. The molecule has 0 saturated heterocycles. The van der Waals surface area contributed by atoms with Gasteiger partial charge in [0, 0.05) is 18.0 Å². The van der Waals surface area contributed by atoms with E-state index in [4.69, 9.17) is 16.6 Å². The van der Waals surface area contributed by atoms with Crippen LogP contribution in [0.3, 0.4) is 0 Å². The maximum atomic E-state index is 13.1. The number of carbonyl (C=O) groups excluding carboxylic acids is 1. The van der Waals surface area contributed by atoms with E-state index in [9.17, 15) is 4.79 Å². The predicted molar refractivity (Wildman–Crippen MR) is 129 cm³/mol. The molecular weight excluding hydrogens is 445 g/mol. The van der Waals surface area contributed by atoms with E-state index in [-0.39, 0.29) is 18.3 Å². The zero-order valence-electron chi connectivity index (χ0n) is 17.0. The van der Waals surface area contributed by atoms with Crippen LogP contribution in [-0.4, -0.2) is 42.0 Å². The van der Waals surface area contributed by atoms with Crippen LogP contribution in [0.5, 0.6) is 0 Å². The van der Waals surface area contributed by atoms with Crippen LogP contribution in [0.15, 0.2) is 30.3 Å². The number of nitrogens with zero attached hydrogens (tertiary/aromatic N) is 3. The molecule has 0 atom stereocenters. The molecule has 0 spiro atoms. The lowest BCUT2D eigenvalue weighted by molar-refractivity contribution is -0.118. The van der Waals surface area contributed by atoms with Crippen LogP contribution in [0.1, 0.15) is 31.2 Å². The number of halogens is 2. The highest BCUT2D eigenvalue weighted by Gasteiger charge is 2.21. The molecule has 0 N–H and O–H groups in total. The molecule has 0 fully saturated rings. The third kappa shape index (κ3) is 6.15. The molecule has 0 unspecified atom stereocenters. The second-order valence-electron chi connectivity index (χ2n) is 6.61. The fraction of sp³-hybridized carbons (Fsp3) is 0.429. The van der Waals surface area contributed by atoms with Crippen LogP contribution in [0.2, 0.25) is 4.34 Å². The van der Waals surface area contributed by atoms with Gasteiger partial charge in [0.1, 0.15) is 0 Å². The topological polar surface area (TPSA) is 36.4 Å². The van der Waals surface area contributed by atoms with Crippen LogP contribution in [0, 0.1) is 0 Å². The summed E-state index contributed by atoms with van der Waals surface area (Å²) in [5.74, 6) is 0.0699. The Kier molecular flexibility index (Phi) is 9.37. The van der Waals surface area contributed by atoms with Crippen molar-refractivity contribution >= 4 is 67.9 Å². The lowest BCUT2D eigenvalue weighted by atomic mass is 10.2. The summed E-state index contributed by atoms with van der Waals surface area (Å²) in [6.45, 7) is 9.85. The average molecular weight is 473 g/mol. The van der Waals surface area contributed by atoms with E-state index < -0.39 is 0 Å². The summed E-state index contributed by atoms with van der Waals surface area (Å²) in [6, 6.07) is 10.1. The van der Waals surface area contributed by atoms with Gasteiger partial charge in [-0.15, -0.1) is 23.7 Å². The number of thiophene rings is 1. The monoisotopic (exact) mass is 471 g/mol. The normalized spacial score (nSPS) is 11.1. The molecule has 4 nitrogen and oxygen atoms in total. The number of benzene rings is 1. The lowest BCUT2D eigenvalue weighted by Gasteiger charge is -2.24. The minimum atomic E-state index is 0. The molecule has 2 heterocycles. The Hall–Kier alpha value is -1.18. The number of aromatic nitrogens is 1. The van der Waals surface area contributed by atoms with E-state index >= 15 is 0 Å². The molecule has 0 radical (unpaired) electrons. The molecular formula is C21H27Cl2N3OS2. The molecule has 1 amide bonds. The van der Waals surface area contributed by atoms with E-state index in [0.29, 0.717) is 17.3 Å². The van der Waals surface area contributed by atoms with Gasteiger partial charge < -0.3 is 4.90 Å². The first-order chi connectivity index (χ1) is 13.5. The molecule has 2 aromatic heterocycles. The van der Waals surface area contributed by atoms with Crippen molar-refractivity contribution in [2.24, 2.45) is 0 Å². The second-order valence-corrected chi connectivity index (χ2v) is 9.42. The highest BCUT2D eigenvalue weighted by molar-refractivity contribution is 7.22. The number of fused-ring (bicyclic) bond motifs is 1. The molecule has 0 aliphatic heterocycles. The number of rotatable bonds is 9. The van der Waals surface area contributed by atoms with Crippen LogP contribution < -0.4 is 4.90 Å². The Morgan fingerprint density at radius 2 is 1.83 bits per heavy atom. The zero-order chi connectivity index (χ0) is 20.1. The standard InChI is InChI=1S/C21H26ClN3OS2.ClH/c1-4-15-7-9-17-18(13-15)28-21(23-17)25(12-11-24(5-2)6-3)20(26)14-16-8-10-19(22)27-16;/h7-10,13H,4-6,11-12,14H2,1-3H3;1H. The van der Waals surface area contributed by atoms with Gasteiger partial charge in [0.2, 0.25) is 5.91 Å². The van der Waals surface area contributed by atoms with Crippen LogP contribution in [0.4, 0.5) is 5.13 Å². The van der Waals surface area contributed by atoms with Gasteiger partial charge in [-0.1, -0.05) is 49.8 Å². The molecule has 1 aromatic carbocycles. The largest absolute Gasteiger partial charge is 0.302 e. The van der Waals surface area contributed by atoms with Crippen molar-refractivity contribution in [3.8, 4) is 0 Å². The fourth-order valence-corrected chi connectivity index (χ4v) is 5.24. The van der Waals surface area contributed by atoms with E-state index in [1.54, 1.807) is 11.3 Å². The summed E-state index contributed by atoms with van der Waals surface area (Å²) >= 11 is 9.10. The van der Waals surface area contributed by atoms with Gasteiger partial charge in [-0.2, -0.15) is 0 Å². The summed E-state index contributed by atoms with van der Waals surface area (Å²) in [5.41, 5.74) is 2.24. The number of aryl methyl sites for hydroxylation is 1. The fourth-order valence-electron chi connectivity index (χ4n) is 3.09. The van der Waals surface area contributed by atoms with Crippen molar-refractivity contribution in [2.45, 2.75) is 33.6 Å². The highest BCUT2D eigenvalue weighted by atomic mass is 35.5. The van der Waals surface area contributed by atoms with Crippen molar-refractivity contribution in [2.75, 3.05) is 31.1 Å². The van der Waals surface area contributed by atoms with Gasteiger partial charge in [-0.05, 0) is 49.3 Å². The lowest BCUT2D eigenvalue weighted by Crippen LogP contribution is -2.39. The summed E-state index contributed by atoms with van der Waals surface area (Å²) in [6.07, 6.45) is 1.35. The van der Waals surface area contributed by atoms with Crippen molar-refractivity contribution in [3.05, 3.63) is 45.1 Å². The number of carbonyl (C=O) groups is 1. The summed E-state index contributed by atoms with van der Waals surface area (Å²) in [7, 11) is 0. The average Bonchev–Trinajstić information content (AvgIpc) is 3.30. The Labute approximate surface area is 191 Å². The molecule has 8 heteroatoms. The Morgan fingerprint density at radius 3 is 2.45 bits per heavy atom. The second kappa shape index (κ2) is 11.3. The van der Waals surface area contributed by atoms with Gasteiger partial charge in [-0.3, -0.25) is 9.69 Å². The number of amides is 1. The number of likely N-dealkylation sites (N-methyl/N-ethyl adjacent to an activating group) is 1. The van der Waals surface area contributed by atoms with E-state index in [2.05, 4.69) is 43.9 Å². The minimum absolute atomic E-state index is 0. The van der Waals surface area contributed by atoms with Gasteiger partial charge in [0.15, 0.2) is 5.13 Å². The Balaban J connectivity index is 0.00000300. The Morgan fingerprint density at radius 1 is 1.07 bits per heavy atom.